The molecule has 1 unspecified atom stereocenters. The van der Waals surface area contributed by atoms with Gasteiger partial charge < -0.3 is 15.5 Å². The summed E-state index contributed by atoms with van der Waals surface area (Å²) in [5, 5.41) is 5.96. The standard InChI is InChI=1S/C24H31ClF3N3O3S/c1-3-35(33,34)22-7-6-20(25)10-19(22)13-30-23(32)17-4-5-18(21(11-17)24(26,27)28)15-31-9-8-16(14-31)12-29-2/h4,6-7,10-11,16,18,29H,3,5,8-9,12-15H2,1-2H3,(H,30,32)/t16-,18?/m0/s1. The van der Waals surface area contributed by atoms with Gasteiger partial charge in [0.1, 0.15) is 0 Å². The third kappa shape index (κ3) is 7.09. The third-order valence-corrected chi connectivity index (χ3v) is 8.54. The summed E-state index contributed by atoms with van der Waals surface area (Å²) in [6, 6.07) is 4.25. The molecule has 0 aromatic heterocycles. The molecule has 2 atom stereocenters. The zero-order valence-corrected chi connectivity index (χ0v) is 21.4. The van der Waals surface area contributed by atoms with Gasteiger partial charge in [-0.3, -0.25) is 4.79 Å². The molecule has 1 amide bonds. The molecule has 1 aromatic rings. The molecule has 6 nitrogen and oxygen atoms in total. The van der Waals surface area contributed by atoms with Crippen LogP contribution in [0.2, 0.25) is 5.02 Å². The number of hydrogen-bond acceptors (Lipinski definition) is 5. The number of rotatable bonds is 9. The van der Waals surface area contributed by atoms with Crippen molar-refractivity contribution in [1.29, 1.82) is 0 Å². The monoisotopic (exact) mass is 533 g/mol. The molecule has 0 spiro atoms. The molecule has 0 saturated carbocycles. The summed E-state index contributed by atoms with van der Waals surface area (Å²) < 4.78 is 66.4. The Morgan fingerprint density at radius 2 is 2.03 bits per heavy atom. The van der Waals surface area contributed by atoms with Gasteiger partial charge >= 0.3 is 6.18 Å². The Kier molecular flexibility index (Phi) is 9.06. The molecule has 3 rings (SSSR count). The van der Waals surface area contributed by atoms with Crippen molar-refractivity contribution in [2.75, 3.05) is 39.0 Å². The zero-order chi connectivity index (χ0) is 25.8. The van der Waals surface area contributed by atoms with Crippen LogP contribution in [-0.4, -0.2) is 64.4 Å². The van der Waals surface area contributed by atoms with Crippen molar-refractivity contribution in [3.05, 3.63) is 52.1 Å². The summed E-state index contributed by atoms with van der Waals surface area (Å²) in [5.74, 6) is -1.15. The number of amides is 1. The van der Waals surface area contributed by atoms with E-state index in [0.29, 0.717) is 10.9 Å². The molecule has 1 heterocycles. The first kappa shape index (κ1) is 27.7. The molecular weight excluding hydrogens is 503 g/mol. The van der Waals surface area contributed by atoms with Gasteiger partial charge in [-0.1, -0.05) is 24.6 Å². The quantitative estimate of drug-likeness (QED) is 0.506. The fourth-order valence-electron chi connectivity index (χ4n) is 4.65. The molecule has 1 saturated heterocycles. The molecule has 1 aromatic carbocycles. The van der Waals surface area contributed by atoms with Crippen molar-refractivity contribution in [3.63, 3.8) is 0 Å². The van der Waals surface area contributed by atoms with Crippen LogP contribution < -0.4 is 10.6 Å². The Morgan fingerprint density at radius 3 is 2.69 bits per heavy atom. The maximum absolute atomic E-state index is 13.9. The predicted molar refractivity (Wildman–Crippen MR) is 130 cm³/mol. The van der Waals surface area contributed by atoms with E-state index in [1.165, 1.54) is 31.2 Å². The van der Waals surface area contributed by atoms with E-state index in [0.717, 1.165) is 32.1 Å². The van der Waals surface area contributed by atoms with Crippen LogP contribution in [0.5, 0.6) is 0 Å². The van der Waals surface area contributed by atoms with Crippen molar-refractivity contribution in [2.45, 2.75) is 37.4 Å². The number of sulfone groups is 1. The molecule has 2 aliphatic rings. The van der Waals surface area contributed by atoms with Crippen LogP contribution in [0.4, 0.5) is 13.2 Å². The van der Waals surface area contributed by atoms with Gasteiger partial charge in [0.05, 0.1) is 10.6 Å². The first-order valence-corrected chi connectivity index (χ1v) is 13.6. The molecule has 2 N–H and O–H groups in total. The normalized spacial score (nSPS) is 21.5. The van der Waals surface area contributed by atoms with E-state index in [4.69, 9.17) is 11.6 Å². The first-order chi connectivity index (χ1) is 16.4. The Hall–Kier alpha value is -1.88. The van der Waals surface area contributed by atoms with Crippen LogP contribution in [0.25, 0.3) is 0 Å². The summed E-state index contributed by atoms with van der Waals surface area (Å²) in [6.07, 6.45) is -1.05. The summed E-state index contributed by atoms with van der Waals surface area (Å²) in [5.41, 5.74) is -0.503. The van der Waals surface area contributed by atoms with Crippen LogP contribution in [-0.2, 0) is 21.2 Å². The van der Waals surface area contributed by atoms with Gasteiger partial charge in [-0.05, 0) is 68.7 Å². The van der Waals surface area contributed by atoms with E-state index in [-0.39, 0.29) is 41.3 Å². The number of halogens is 4. The van der Waals surface area contributed by atoms with Gasteiger partial charge in [-0.2, -0.15) is 13.2 Å². The second-order valence-electron chi connectivity index (χ2n) is 9.00. The van der Waals surface area contributed by atoms with E-state index in [1.807, 2.05) is 7.05 Å². The number of likely N-dealkylation sites (tertiary alicyclic amines) is 1. The smallest absolute Gasteiger partial charge is 0.348 e. The highest BCUT2D eigenvalue weighted by Gasteiger charge is 2.41. The second-order valence-corrected chi connectivity index (χ2v) is 11.7. The summed E-state index contributed by atoms with van der Waals surface area (Å²) in [7, 11) is -1.70. The second kappa shape index (κ2) is 11.5. The fraction of sp³-hybridized carbons (Fsp3) is 0.542. The minimum absolute atomic E-state index is 0.0381. The third-order valence-electron chi connectivity index (χ3n) is 6.48. The molecule has 1 aliphatic carbocycles. The molecule has 11 heteroatoms. The van der Waals surface area contributed by atoms with Crippen LogP contribution in [0, 0.1) is 11.8 Å². The molecule has 35 heavy (non-hydrogen) atoms. The lowest BCUT2D eigenvalue weighted by Crippen LogP contribution is -2.35. The van der Waals surface area contributed by atoms with Crippen LogP contribution in [0.15, 0.2) is 46.4 Å². The minimum Gasteiger partial charge on any atom is -0.348 e. The Labute approximate surface area is 209 Å². The minimum atomic E-state index is -4.55. The zero-order valence-electron chi connectivity index (χ0n) is 19.8. The number of benzene rings is 1. The summed E-state index contributed by atoms with van der Waals surface area (Å²) >= 11 is 5.99. The Morgan fingerprint density at radius 1 is 1.29 bits per heavy atom. The van der Waals surface area contributed by atoms with Gasteiger partial charge in [0.25, 0.3) is 5.91 Å². The van der Waals surface area contributed by atoms with Crippen LogP contribution in [0.3, 0.4) is 0 Å². The Bertz CT molecular complexity index is 1100. The van der Waals surface area contributed by atoms with E-state index < -0.39 is 33.4 Å². The number of nitrogens with one attached hydrogen (secondary N) is 2. The number of carbonyl (C=O) groups excluding carboxylic acids is 1. The van der Waals surface area contributed by atoms with E-state index >= 15 is 0 Å². The SMILES string of the molecule is CCS(=O)(=O)c1ccc(Cl)cc1CNC(=O)C1=CCC(CN2CC[C@@H](CNC)C2)C(C(F)(F)F)=C1. The van der Waals surface area contributed by atoms with Crippen molar-refractivity contribution in [1.82, 2.24) is 15.5 Å². The molecule has 1 fully saturated rings. The largest absolute Gasteiger partial charge is 0.413 e. The number of allylic oxidation sites excluding steroid dienone is 1. The van der Waals surface area contributed by atoms with Crippen molar-refractivity contribution >= 4 is 27.3 Å². The summed E-state index contributed by atoms with van der Waals surface area (Å²) in [6.45, 7) is 3.96. The lowest BCUT2D eigenvalue weighted by atomic mass is 9.87. The predicted octanol–water partition coefficient (Wildman–Crippen LogP) is 3.73. The lowest BCUT2D eigenvalue weighted by molar-refractivity contribution is -0.117. The van der Waals surface area contributed by atoms with Gasteiger partial charge in [-0.15, -0.1) is 0 Å². The van der Waals surface area contributed by atoms with Crippen LogP contribution in [0.1, 0.15) is 25.3 Å². The van der Waals surface area contributed by atoms with Crippen LogP contribution >= 0.6 is 11.6 Å². The average Bonchev–Trinajstić information content (AvgIpc) is 3.24. The number of nitrogens with zero attached hydrogens (tertiary/aromatic N) is 1. The Balaban J connectivity index is 1.71. The van der Waals surface area contributed by atoms with E-state index in [1.54, 1.807) is 0 Å². The number of carbonyl (C=O) groups is 1. The average molecular weight is 534 g/mol. The highest BCUT2D eigenvalue weighted by molar-refractivity contribution is 7.91. The van der Waals surface area contributed by atoms with E-state index in [2.05, 4.69) is 15.5 Å². The number of alkyl halides is 3. The molecule has 1 aliphatic heterocycles. The first-order valence-electron chi connectivity index (χ1n) is 11.6. The highest BCUT2D eigenvalue weighted by Crippen LogP contribution is 2.38. The molecule has 194 valence electrons. The van der Waals surface area contributed by atoms with Crippen molar-refractivity contribution < 1.29 is 26.4 Å². The van der Waals surface area contributed by atoms with Gasteiger partial charge in [0.2, 0.25) is 0 Å². The highest BCUT2D eigenvalue weighted by atomic mass is 35.5. The molecule has 0 radical (unpaired) electrons. The maximum atomic E-state index is 13.9. The van der Waals surface area contributed by atoms with Crippen molar-refractivity contribution in [3.8, 4) is 0 Å². The lowest BCUT2D eigenvalue weighted by Gasteiger charge is -2.29. The fourth-order valence-corrected chi connectivity index (χ4v) is 5.96. The molecule has 0 bridgehead atoms. The van der Waals surface area contributed by atoms with Crippen molar-refractivity contribution in [2.24, 2.45) is 11.8 Å². The van der Waals surface area contributed by atoms with Gasteiger partial charge in [0.15, 0.2) is 9.84 Å². The maximum Gasteiger partial charge on any atom is 0.413 e. The van der Waals surface area contributed by atoms with Gasteiger partial charge in [-0.25, -0.2) is 8.42 Å². The van der Waals surface area contributed by atoms with E-state index in [9.17, 15) is 26.4 Å². The molecular formula is C24H31ClF3N3O3S. The van der Waals surface area contributed by atoms with Gasteiger partial charge in [0, 0.05) is 41.7 Å². The number of hydrogen-bond donors (Lipinski definition) is 2. The topological polar surface area (TPSA) is 78.5 Å². The summed E-state index contributed by atoms with van der Waals surface area (Å²) in [4.78, 5) is 14.8.